The average Bonchev–Trinajstić information content (AvgIpc) is 3.07. The molecule has 25 heavy (non-hydrogen) atoms. The number of ether oxygens (including phenoxy) is 1. The molecule has 0 aliphatic rings. The number of nitrogens with two attached hydrogens (primary N) is 1. The predicted molar refractivity (Wildman–Crippen MR) is 88.1 cm³/mol. The van der Waals surface area contributed by atoms with Gasteiger partial charge in [-0.25, -0.2) is 4.39 Å². The Bertz CT molecular complexity index is 919. The second-order valence-electron chi connectivity index (χ2n) is 5.07. The second kappa shape index (κ2) is 6.88. The molecule has 0 atom stereocenters. The summed E-state index contributed by atoms with van der Waals surface area (Å²) in [5.74, 6) is -0.943. The van der Waals surface area contributed by atoms with Gasteiger partial charge >= 0.3 is 0 Å². The summed E-state index contributed by atoms with van der Waals surface area (Å²) in [6, 6.07) is 14.9. The molecule has 0 aliphatic heterocycles. The van der Waals surface area contributed by atoms with Crippen LogP contribution in [0, 0.1) is 5.82 Å². The van der Waals surface area contributed by atoms with E-state index in [0.29, 0.717) is 17.2 Å². The fourth-order valence-electron chi connectivity index (χ4n) is 2.06. The first kappa shape index (κ1) is 16.3. The first-order valence-corrected chi connectivity index (χ1v) is 7.26. The van der Waals surface area contributed by atoms with Crippen LogP contribution >= 0.6 is 0 Å². The highest BCUT2D eigenvalue weighted by atomic mass is 19.1. The lowest BCUT2D eigenvalue weighted by atomic mass is 10.3. The zero-order chi connectivity index (χ0) is 17.8. The van der Waals surface area contributed by atoms with Crippen molar-refractivity contribution < 1.29 is 23.1 Å². The number of carbonyl (C=O) groups is 2. The number of hydrogen-bond acceptors (Lipinski definition) is 4. The van der Waals surface area contributed by atoms with E-state index in [-0.39, 0.29) is 11.5 Å². The van der Waals surface area contributed by atoms with Gasteiger partial charge < -0.3 is 20.2 Å². The highest BCUT2D eigenvalue weighted by Crippen LogP contribution is 2.23. The van der Waals surface area contributed by atoms with Crippen LogP contribution in [0.1, 0.15) is 21.1 Å². The molecule has 2 aromatic carbocycles. The van der Waals surface area contributed by atoms with Gasteiger partial charge in [-0.2, -0.15) is 0 Å². The lowest BCUT2D eigenvalue weighted by Crippen LogP contribution is -2.12. The van der Waals surface area contributed by atoms with Gasteiger partial charge in [-0.3, -0.25) is 9.59 Å². The van der Waals surface area contributed by atoms with Crippen molar-refractivity contribution in [3.63, 3.8) is 0 Å². The van der Waals surface area contributed by atoms with Gasteiger partial charge in [0.05, 0.1) is 0 Å². The van der Waals surface area contributed by atoms with E-state index in [0.717, 1.165) is 0 Å². The molecule has 7 heteroatoms. The van der Waals surface area contributed by atoms with E-state index in [9.17, 15) is 14.0 Å². The van der Waals surface area contributed by atoms with Crippen molar-refractivity contribution in [1.82, 2.24) is 0 Å². The second-order valence-corrected chi connectivity index (χ2v) is 5.07. The Morgan fingerprint density at radius 3 is 2.32 bits per heavy atom. The maximum atomic E-state index is 13.1. The van der Waals surface area contributed by atoms with E-state index in [2.05, 4.69) is 5.32 Å². The van der Waals surface area contributed by atoms with E-state index >= 15 is 0 Å². The standard InChI is InChI=1S/C18H13FN2O4/c19-11-2-1-3-14(10-11)24-13-6-4-12(5-7-13)21-18(23)16-9-8-15(25-16)17(20)22/h1-10H,(H2,20,22)(H,21,23). The van der Waals surface area contributed by atoms with Gasteiger partial charge in [0.25, 0.3) is 11.8 Å². The Morgan fingerprint density at radius 1 is 0.960 bits per heavy atom. The van der Waals surface area contributed by atoms with Crippen LogP contribution in [0.2, 0.25) is 0 Å². The van der Waals surface area contributed by atoms with Crippen LogP contribution in [-0.2, 0) is 0 Å². The third kappa shape index (κ3) is 4.03. The number of furan rings is 1. The van der Waals surface area contributed by atoms with E-state index in [1.54, 1.807) is 36.4 Å². The zero-order valence-corrected chi connectivity index (χ0v) is 12.9. The van der Waals surface area contributed by atoms with Crippen LogP contribution in [0.3, 0.4) is 0 Å². The Hall–Kier alpha value is -3.61. The van der Waals surface area contributed by atoms with Crippen LogP contribution in [0.4, 0.5) is 10.1 Å². The maximum absolute atomic E-state index is 13.1. The SMILES string of the molecule is NC(=O)c1ccc(C(=O)Nc2ccc(Oc3cccc(F)c3)cc2)o1. The number of halogens is 1. The minimum atomic E-state index is -0.752. The minimum Gasteiger partial charge on any atom is -0.457 e. The molecular weight excluding hydrogens is 327 g/mol. The molecule has 3 rings (SSSR count). The minimum absolute atomic E-state index is 0.0334. The number of hydrogen-bond donors (Lipinski definition) is 2. The number of benzene rings is 2. The summed E-state index contributed by atoms with van der Waals surface area (Å²) in [5.41, 5.74) is 5.56. The quantitative estimate of drug-likeness (QED) is 0.742. The fraction of sp³-hybridized carbons (Fsp3) is 0. The van der Waals surface area contributed by atoms with Crippen molar-refractivity contribution in [2.24, 2.45) is 5.73 Å². The van der Waals surface area contributed by atoms with Crippen LogP contribution in [0.5, 0.6) is 11.5 Å². The number of nitrogens with one attached hydrogen (secondary N) is 1. The maximum Gasteiger partial charge on any atom is 0.291 e. The molecule has 0 aliphatic carbocycles. The molecule has 3 N–H and O–H groups in total. The number of anilines is 1. The topological polar surface area (TPSA) is 94.6 Å². The molecule has 0 bridgehead atoms. The van der Waals surface area contributed by atoms with Crippen molar-refractivity contribution in [1.29, 1.82) is 0 Å². The third-order valence-electron chi connectivity index (χ3n) is 3.22. The molecule has 3 aromatic rings. The molecule has 0 spiro atoms. The summed E-state index contributed by atoms with van der Waals surface area (Å²) in [6.45, 7) is 0. The molecule has 0 saturated heterocycles. The van der Waals surface area contributed by atoms with Gasteiger partial charge in [0, 0.05) is 11.8 Å². The first-order chi connectivity index (χ1) is 12.0. The van der Waals surface area contributed by atoms with Crippen molar-refractivity contribution >= 4 is 17.5 Å². The Kier molecular flexibility index (Phi) is 4.47. The van der Waals surface area contributed by atoms with Crippen LogP contribution in [0.25, 0.3) is 0 Å². The van der Waals surface area contributed by atoms with Crippen molar-refractivity contribution in [2.45, 2.75) is 0 Å². The molecule has 0 unspecified atom stereocenters. The van der Waals surface area contributed by atoms with E-state index in [4.69, 9.17) is 14.9 Å². The van der Waals surface area contributed by atoms with Gasteiger partial charge in [-0.05, 0) is 48.5 Å². The van der Waals surface area contributed by atoms with Gasteiger partial charge in [0.2, 0.25) is 0 Å². The van der Waals surface area contributed by atoms with Crippen LogP contribution in [0.15, 0.2) is 65.1 Å². The molecule has 1 heterocycles. The van der Waals surface area contributed by atoms with Crippen LogP contribution in [-0.4, -0.2) is 11.8 Å². The summed E-state index contributed by atoms with van der Waals surface area (Å²) in [6.07, 6.45) is 0. The molecule has 0 fully saturated rings. The molecule has 2 amide bonds. The highest BCUT2D eigenvalue weighted by molar-refractivity contribution is 6.03. The van der Waals surface area contributed by atoms with Gasteiger partial charge in [0.1, 0.15) is 17.3 Å². The van der Waals surface area contributed by atoms with E-state index < -0.39 is 17.6 Å². The van der Waals surface area contributed by atoms with Crippen LogP contribution < -0.4 is 15.8 Å². The van der Waals surface area contributed by atoms with E-state index in [1.807, 2.05) is 0 Å². The summed E-state index contributed by atoms with van der Waals surface area (Å²) in [5, 5.41) is 2.61. The Labute approximate surface area is 142 Å². The summed E-state index contributed by atoms with van der Waals surface area (Å²) >= 11 is 0. The molecule has 1 aromatic heterocycles. The summed E-state index contributed by atoms with van der Waals surface area (Å²) in [4.78, 5) is 23.0. The zero-order valence-electron chi connectivity index (χ0n) is 12.9. The highest BCUT2D eigenvalue weighted by Gasteiger charge is 2.14. The summed E-state index contributed by atoms with van der Waals surface area (Å²) < 4.78 is 23.7. The number of rotatable bonds is 5. The molecule has 126 valence electrons. The van der Waals surface area contributed by atoms with Gasteiger partial charge in [-0.1, -0.05) is 6.07 Å². The smallest absolute Gasteiger partial charge is 0.291 e. The molecule has 0 saturated carbocycles. The number of primary amides is 1. The lowest BCUT2D eigenvalue weighted by molar-refractivity contribution is 0.0960. The number of amides is 2. The van der Waals surface area contributed by atoms with Crippen molar-refractivity contribution in [3.8, 4) is 11.5 Å². The average molecular weight is 340 g/mol. The monoisotopic (exact) mass is 340 g/mol. The van der Waals surface area contributed by atoms with Crippen molar-refractivity contribution in [3.05, 3.63) is 78.0 Å². The predicted octanol–water partition coefficient (Wildman–Crippen LogP) is 3.56. The molecule has 6 nitrogen and oxygen atoms in total. The first-order valence-electron chi connectivity index (χ1n) is 7.26. The molecule has 0 radical (unpaired) electrons. The fourth-order valence-corrected chi connectivity index (χ4v) is 2.06. The number of carbonyl (C=O) groups excluding carboxylic acids is 2. The third-order valence-corrected chi connectivity index (χ3v) is 3.22. The lowest BCUT2D eigenvalue weighted by Gasteiger charge is -2.07. The van der Waals surface area contributed by atoms with Gasteiger partial charge in [0.15, 0.2) is 11.5 Å². The Balaban J connectivity index is 1.65. The van der Waals surface area contributed by atoms with Gasteiger partial charge in [-0.15, -0.1) is 0 Å². The summed E-state index contributed by atoms with van der Waals surface area (Å²) in [7, 11) is 0. The largest absolute Gasteiger partial charge is 0.457 e. The van der Waals surface area contributed by atoms with E-state index in [1.165, 1.54) is 24.3 Å². The molecular formula is C18H13FN2O4. The van der Waals surface area contributed by atoms with Crippen molar-refractivity contribution in [2.75, 3.05) is 5.32 Å². The normalized spacial score (nSPS) is 10.3. The Morgan fingerprint density at radius 2 is 1.68 bits per heavy atom.